The van der Waals surface area contributed by atoms with Crippen molar-refractivity contribution in [2.45, 2.75) is 33.2 Å². The highest BCUT2D eigenvalue weighted by Gasteiger charge is 2.29. The molecule has 160 valence electrons. The SMILES string of the molecule is COc1ccc2c(c1)c(CCN(C)C)cn2C(=O)OCOC(=O)C(N)C(C)(C)C. The Morgan fingerprint density at radius 3 is 2.48 bits per heavy atom. The quantitative estimate of drug-likeness (QED) is 0.559. The van der Waals surface area contributed by atoms with Gasteiger partial charge < -0.3 is 24.8 Å². The van der Waals surface area contributed by atoms with Crippen LogP contribution in [0.2, 0.25) is 0 Å². The maximum atomic E-state index is 12.6. The van der Waals surface area contributed by atoms with Crippen molar-refractivity contribution >= 4 is 23.0 Å². The van der Waals surface area contributed by atoms with E-state index in [9.17, 15) is 9.59 Å². The lowest BCUT2D eigenvalue weighted by Crippen LogP contribution is -2.43. The molecule has 1 atom stereocenters. The second-order valence-corrected chi connectivity index (χ2v) is 8.30. The molecule has 1 unspecified atom stereocenters. The van der Waals surface area contributed by atoms with Crippen molar-refractivity contribution in [1.82, 2.24) is 9.47 Å². The topological polar surface area (TPSA) is 96.0 Å². The van der Waals surface area contributed by atoms with E-state index in [1.807, 2.05) is 40.9 Å². The van der Waals surface area contributed by atoms with E-state index in [4.69, 9.17) is 19.9 Å². The predicted molar refractivity (Wildman–Crippen MR) is 111 cm³/mol. The van der Waals surface area contributed by atoms with Gasteiger partial charge in [0.1, 0.15) is 11.8 Å². The maximum Gasteiger partial charge on any atom is 0.421 e. The Labute approximate surface area is 171 Å². The smallest absolute Gasteiger partial charge is 0.421 e. The molecule has 1 heterocycles. The normalized spacial score (nSPS) is 12.8. The van der Waals surface area contributed by atoms with E-state index in [1.165, 1.54) is 4.57 Å². The lowest BCUT2D eigenvalue weighted by molar-refractivity contribution is -0.156. The number of nitrogens with zero attached hydrogens (tertiary/aromatic N) is 2. The van der Waals surface area contributed by atoms with Crippen molar-refractivity contribution in [2.75, 3.05) is 34.5 Å². The molecule has 0 fully saturated rings. The third-order valence-corrected chi connectivity index (χ3v) is 4.69. The zero-order valence-corrected chi connectivity index (χ0v) is 18.0. The zero-order chi connectivity index (χ0) is 21.8. The number of aromatic nitrogens is 1. The number of hydrogen-bond donors (Lipinski definition) is 1. The summed E-state index contributed by atoms with van der Waals surface area (Å²) in [6.45, 7) is 5.83. The largest absolute Gasteiger partial charge is 0.497 e. The van der Waals surface area contributed by atoms with E-state index in [2.05, 4.69) is 4.90 Å². The minimum absolute atomic E-state index is 0.446. The summed E-state index contributed by atoms with van der Waals surface area (Å²) in [5.74, 6) is 0.0962. The van der Waals surface area contributed by atoms with Crippen LogP contribution < -0.4 is 10.5 Å². The number of fused-ring (bicyclic) bond motifs is 1. The molecule has 8 nitrogen and oxygen atoms in total. The van der Waals surface area contributed by atoms with Crippen LogP contribution in [-0.4, -0.2) is 62.1 Å². The molecule has 0 amide bonds. The number of carbonyl (C=O) groups is 2. The van der Waals surface area contributed by atoms with Crippen LogP contribution in [0, 0.1) is 5.41 Å². The monoisotopic (exact) mass is 405 g/mol. The van der Waals surface area contributed by atoms with E-state index >= 15 is 0 Å². The summed E-state index contributed by atoms with van der Waals surface area (Å²) in [5, 5.41) is 0.912. The lowest BCUT2D eigenvalue weighted by atomic mass is 9.87. The summed E-state index contributed by atoms with van der Waals surface area (Å²) in [5.41, 5.74) is 7.10. The third-order valence-electron chi connectivity index (χ3n) is 4.69. The number of likely N-dealkylation sites (N-methyl/N-ethyl adjacent to an activating group) is 1. The number of methoxy groups -OCH3 is 1. The van der Waals surface area contributed by atoms with Crippen molar-refractivity contribution < 1.29 is 23.8 Å². The first kappa shape index (κ1) is 22.7. The van der Waals surface area contributed by atoms with E-state index < -0.39 is 30.3 Å². The molecule has 0 aliphatic carbocycles. The zero-order valence-electron chi connectivity index (χ0n) is 18.0. The minimum atomic E-state index is -0.807. The molecule has 1 aromatic carbocycles. The molecule has 0 saturated carbocycles. The summed E-state index contributed by atoms with van der Waals surface area (Å²) in [6.07, 6.45) is 1.87. The summed E-state index contributed by atoms with van der Waals surface area (Å²) in [4.78, 5) is 26.6. The maximum absolute atomic E-state index is 12.6. The molecule has 0 bridgehead atoms. The summed E-state index contributed by atoms with van der Waals surface area (Å²) in [6, 6.07) is 4.67. The van der Waals surface area contributed by atoms with E-state index in [-0.39, 0.29) is 0 Å². The number of hydrogen-bond acceptors (Lipinski definition) is 7. The number of ether oxygens (including phenoxy) is 3. The Balaban J connectivity index is 2.15. The molecule has 29 heavy (non-hydrogen) atoms. The molecule has 0 aliphatic heterocycles. The van der Waals surface area contributed by atoms with Gasteiger partial charge in [-0.05, 0) is 49.7 Å². The summed E-state index contributed by atoms with van der Waals surface area (Å²) < 4.78 is 16.9. The van der Waals surface area contributed by atoms with Crippen LogP contribution in [-0.2, 0) is 20.7 Å². The standard InChI is InChI=1S/C21H31N3O5/c1-21(2,3)18(22)19(25)28-13-29-20(26)24-12-14(9-10-23(4)5)16-11-15(27-6)7-8-17(16)24/h7-8,11-12,18H,9-10,13,22H2,1-6H3. The molecule has 0 saturated heterocycles. The van der Waals surface area contributed by atoms with Gasteiger partial charge in [-0.1, -0.05) is 20.8 Å². The van der Waals surface area contributed by atoms with Crippen molar-refractivity contribution in [1.29, 1.82) is 0 Å². The Hall–Kier alpha value is -2.58. The van der Waals surface area contributed by atoms with Crippen molar-refractivity contribution in [3.05, 3.63) is 30.0 Å². The molecule has 0 radical (unpaired) electrons. The van der Waals surface area contributed by atoms with E-state index in [1.54, 1.807) is 25.4 Å². The van der Waals surface area contributed by atoms with Crippen LogP contribution in [0.1, 0.15) is 26.3 Å². The first-order valence-electron chi connectivity index (χ1n) is 9.46. The fourth-order valence-electron chi connectivity index (χ4n) is 2.75. The van der Waals surface area contributed by atoms with E-state index in [0.29, 0.717) is 11.3 Å². The first-order chi connectivity index (χ1) is 13.5. The van der Waals surface area contributed by atoms with Crippen molar-refractivity contribution in [2.24, 2.45) is 11.1 Å². The summed E-state index contributed by atoms with van der Waals surface area (Å²) >= 11 is 0. The Morgan fingerprint density at radius 2 is 1.90 bits per heavy atom. The molecular weight excluding hydrogens is 374 g/mol. The average Bonchev–Trinajstić information content (AvgIpc) is 3.02. The molecule has 1 aromatic heterocycles. The highest BCUT2D eigenvalue weighted by Crippen LogP contribution is 2.27. The van der Waals surface area contributed by atoms with E-state index in [0.717, 1.165) is 23.9 Å². The van der Waals surface area contributed by atoms with Gasteiger partial charge in [0.25, 0.3) is 0 Å². The lowest BCUT2D eigenvalue weighted by Gasteiger charge is -2.24. The fourth-order valence-corrected chi connectivity index (χ4v) is 2.75. The van der Waals surface area contributed by atoms with Gasteiger partial charge in [-0.15, -0.1) is 0 Å². The van der Waals surface area contributed by atoms with Crippen LogP contribution in [0.15, 0.2) is 24.4 Å². The van der Waals surface area contributed by atoms with Crippen LogP contribution in [0.25, 0.3) is 10.9 Å². The first-order valence-corrected chi connectivity index (χ1v) is 9.46. The van der Waals surface area contributed by atoms with Crippen LogP contribution in [0.3, 0.4) is 0 Å². The van der Waals surface area contributed by atoms with Gasteiger partial charge >= 0.3 is 12.1 Å². The second kappa shape index (κ2) is 9.28. The molecule has 2 rings (SSSR count). The molecule has 2 aromatic rings. The summed E-state index contributed by atoms with van der Waals surface area (Å²) in [7, 11) is 5.58. The Kier molecular flexibility index (Phi) is 7.26. The van der Waals surface area contributed by atoms with Gasteiger partial charge in [-0.3, -0.25) is 9.36 Å². The van der Waals surface area contributed by atoms with Gasteiger partial charge in [0.2, 0.25) is 6.79 Å². The fraction of sp³-hybridized carbons (Fsp3) is 0.524. The van der Waals surface area contributed by atoms with Crippen LogP contribution in [0.5, 0.6) is 5.75 Å². The highest BCUT2D eigenvalue weighted by molar-refractivity contribution is 5.92. The van der Waals surface area contributed by atoms with Crippen molar-refractivity contribution in [3.63, 3.8) is 0 Å². The second-order valence-electron chi connectivity index (χ2n) is 8.30. The average molecular weight is 405 g/mol. The van der Waals surface area contributed by atoms with Crippen LogP contribution in [0.4, 0.5) is 4.79 Å². The highest BCUT2D eigenvalue weighted by atomic mass is 16.7. The third kappa shape index (κ3) is 5.71. The molecule has 0 aliphatic rings. The number of esters is 1. The van der Waals surface area contributed by atoms with Gasteiger partial charge in [-0.2, -0.15) is 0 Å². The molecular formula is C21H31N3O5. The predicted octanol–water partition coefficient (Wildman–Crippen LogP) is 2.61. The Bertz CT molecular complexity index is 867. The van der Waals surface area contributed by atoms with Gasteiger partial charge in [0, 0.05) is 18.1 Å². The number of benzene rings is 1. The van der Waals surface area contributed by atoms with Crippen LogP contribution >= 0.6 is 0 Å². The number of rotatable bonds is 7. The molecule has 0 spiro atoms. The molecule has 8 heteroatoms. The van der Waals surface area contributed by atoms with Gasteiger partial charge in [-0.25, -0.2) is 4.79 Å². The van der Waals surface area contributed by atoms with Crippen molar-refractivity contribution in [3.8, 4) is 5.75 Å². The van der Waals surface area contributed by atoms with Gasteiger partial charge in [0.15, 0.2) is 0 Å². The minimum Gasteiger partial charge on any atom is -0.497 e. The molecule has 2 N–H and O–H groups in total. The van der Waals surface area contributed by atoms with Gasteiger partial charge in [0.05, 0.1) is 12.6 Å². The number of carbonyl (C=O) groups excluding carboxylic acids is 2. The number of nitrogens with two attached hydrogens (primary N) is 1. The Morgan fingerprint density at radius 1 is 1.21 bits per heavy atom.